The van der Waals surface area contributed by atoms with Crippen LogP contribution in [0.4, 0.5) is 5.69 Å². The Morgan fingerprint density at radius 1 is 0.846 bits per heavy atom. The van der Waals surface area contributed by atoms with Crippen LogP contribution in [0.5, 0.6) is 5.75 Å². The van der Waals surface area contributed by atoms with E-state index in [1.54, 1.807) is 6.07 Å². The summed E-state index contributed by atoms with van der Waals surface area (Å²) in [7, 11) is 0. The Balaban J connectivity index is 1.91. The van der Waals surface area contributed by atoms with Gasteiger partial charge in [-0.1, -0.05) is 12.1 Å². The molecule has 1 N–H and O–H groups in total. The van der Waals surface area contributed by atoms with Crippen molar-refractivity contribution in [2.24, 2.45) is 0 Å². The van der Waals surface area contributed by atoms with Crippen LogP contribution in [0.3, 0.4) is 0 Å². The summed E-state index contributed by atoms with van der Waals surface area (Å²) in [5.41, 5.74) is 5.83. The minimum Gasteiger partial charge on any atom is -0.506 e. The minimum absolute atomic E-state index is 0.166. The quantitative estimate of drug-likeness (QED) is 0.411. The molecule has 0 amide bonds. The molecule has 1 fully saturated rings. The first-order valence-corrected chi connectivity index (χ1v) is 9.15. The SMILES string of the molecule is Cc1cc(N2CCCCC2)c2c(n1)c(O)cc1nc3ccccc3nc12. The number of hydrogen-bond acceptors (Lipinski definition) is 5. The Bertz CT molecular complexity index is 1150. The fourth-order valence-electron chi connectivity index (χ4n) is 3.96. The fraction of sp³-hybridized carbons (Fsp3) is 0.286. The number of fused-ring (bicyclic) bond motifs is 4. The van der Waals surface area contributed by atoms with Gasteiger partial charge in [0.15, 0.2) is 0 Å². The van der Waals surface area contributed by atoms with Crippen LogP contribution in [-0.2, 0) is 0 Å². The van der Waals surface area contributed by atoms with Crippen LogP contribution < -0.4 is 4.90 Å². The maximum absolute atomic E-state index is 10.6. The highest BCUT2D eigenvalue weighted by atomic mass is 16.3. The number of aromatic nitrogens is 3. The number of piperidine rings is 1. The number of para-hydroxylation sites is 2. The van der Waals surface area contributed by atoms with Crippen LogP contribution in [0.2, 0.25) is 0 Å². The van der Waals surface area contributed by atoms with E-state index in [0.717, 1.165) is 46.4 Å². The number of aromatic hydroxyl groups is 1. The lowest BCUT2D eigenvalue weighted by atomic mass is 10.0. The number of nitrogens with zero attached hydrogens (tertiary/aromatic N) is 4. The van der Waals surface area contributed by atoms with Gasteiger partial charge in [0.25, 0.3) is 0 Å². The number of aryl methyl sites for hydroxylation is 1. The average molecular weight is 344 g/mol. The topological polar surface area (TPSA) is 62.1 Å². The van der Waals surface area contributed by atoms with Gasteiger partial charge in [-0.2, -0.15) is 0 Å². The van der Waals surface area contributed by atoms with Crippen molar-refractivity contribution in [1.29, 1.82) is 0 Å². The first-order chi connectivity index (χ1) is 12.7. The molecule has 1 saturated heterocycles. The Labute approximate surface area is 151 Å². The lowest BCUT2D eigenvalue weighted by molar-refractivity contribution is 0.481. The maximum atomic E-state index is 10.6. The molecule has 2 aromatic heterocycles. The van der Waals surface area contributed by atoms with Crippen molar-refractivity contribution in [3.05, 3.63) is 42.1 Å². The predicted molar refractivity (Wildman–Crippen MR) is 105 cm³/mol. The summed E-state index contributed by atoms with van der Waals surface area (Å²) in [4.78, 5) is 16.6. The number of benzene rings is 2. The fourth-order valence-corrected chi connectivity index (χ4v) is 3.96. The summed E-state index contributed by atoms with van der Waals surface area (Å²) in [6.45, 7) is 4.02. The molecule has 0 radical (unpaired) electrons. The first kappa shape index (κ1) is 15.3. The molecule has 3 heterocycles. The van der Waals surface area contributed by atoms with E-state index < -0.39 is 0 Å². The van der Waals surface area contributed by atoms with Crippen LogP contribution in [0, 0.1) is 6.92 Å². The molecule has 0 saturated carbocycles. The van der Waals surface area contributed by atoms with Crippen LogP contribution >= 0.6 is 0 Å². The van der Waals surface area contributed by atoms with Crippen molar-refractivity contribution in [1.82, 2.24) is 15.0 Å². The van der Waals surface area contributed by atoms with Gasteiger partial charge in [-0.15, -0.1) is 0 Å². The molecule has 0 bridgehead atoms. The lowest BCUT2D eigenvalue weighted by Gasteiger charge is -2.30. The molecule has 5 heteroatoms. The van der Waals surface area contributed by atoms with Crippen LogP contribution in [0.1, 0.15) is 25.0 Å². The third kappa shape index (κ3) is 2.35. The van der Waals surface area contributed by atoms with Gasteiger partial charge in [-0.05, 0) is 44.4 Å². The molecule has 130 valence electrons. The zero-order valence-electron chi connectivity index (χ0n) is 14.7. The zero-order chi connectivity index (χ0) is 17.7. The van der Waals surface area contributed by atoms with Crippen molar-refractivity contribution in [2.45, 2.75) is 26.2 Å². The number of phenols is 1. The summed E-state index contributed by atoms with van der Waals surface area (Å²) >= 11 is 0. The molecule has 5 rings (SSSR count). The monoisotopic (exact) mass is 344 g/mol. The van der Waals surface area contributed by atoms with E-state index in [1.165, 1.54) is 19.3 Å². The van der Waals surface area contributed by atoms with Crippen LogP contribution in [0.15, 0.2) is 36.4 Å². The Hall–Kier alpha value is -2.95. The molecule has 0 atom stereocenters. The average Bonchev–Trinajstić information content (AvgIpc) is 2.67. The molecule has 0 spiro atoms. The first-order valence-electron chi connectivity index (χ1n) is 9.15. The van der Waals surface area contributed by atoms with E-state index in [9.17, 15) is 5.11 Å². The van der Waals surface area contributed by atoms with Crippen molar-refractivity contribution in [3.8, 4) is 5.75 Å². The van der Waals surface area contributed by atoms with Gasteiger partial charge in [0.2, 0.25) is 0 Å². The maximum Gasteiger partial charge on any atom is 0.144 e. The summed E-state index contributed by atoms with van der Waals surface area (Å²) in [6, 6.07) is 11.6. The largest absolute Gasteiger partial charge is 0.506 e. The number of hydrogen-bond donors (Lipinski definition) is 1. The molecule has 5 nitrogen and oxygen atoms in total. The highest BCUT2D eigenvalue weighted by Gasteiger charge is 2.20. The summed E-state index contributed by atoms with van der Waals surface area (Å²) < 4.78 is 0. The summed E-state index contributed by atoms with van der Waals surface area (Å²) in [5.74, 6) is 0.166. The molecular weight excluding hydrogens is 324 g/mol. The zero-order valence-corrected chi connectivity index (χ0v) is 14.7. The third-order valence-electron chi connectivity index (χ3n) is 5.17. The van der Waals surface area contributed by atoms with E-state index in [0.29, 0.717) is 11.0 Å². The molecule has 1 aliphatic rings. The van der Waals surface area contributed by atoms with Crippen LogP contribution in [0.25, 0.3) is 33.0 Å². The van der Waals surface area contributed by atoms with E-state index in [2.05, 4.69) is 16.0 Å². The number of anilines is 1. The molecule has 26 heavy (non-hydrogen) atoms. The summed E-state index contributed by atoms with van der Waals surface area (Å²) in [6.07, 6.45) is 3.65. The molecule has 1 aliphatic heterocycles. The van der Waals surface area contributed by atoms with Gasteiger partial charge in [-0.3, -0.25) is 0 Å². The van der Waals surface area contributed by atoms with Crippen LogP contribution in [-0.4, -0.2) is 33.1 Å². The Kier molecular flexibility index (Phi) is 3.42. The Morgan fingerprint density at radius 3 is 2.35 bits per heavy atom. The van der Waals surface area contributed by atoms with Gasteiger partial charge in [0.1, 0.15) is 16.8 Å². The van der Waals surface area contributed by atoms with E-state index in [1.807, 2.05) is 31.2 Å². The second kappa shape index (κ2) is 5.80. The van der Waals surface area contributed by atoms with Gasteiger partial charge in [0.05, 0.1) is 27.6 Å². The van der Waals surface area contributed by atoms with Gasteiger partial charge < -0.3 is 10.0 Å². The molecule has 2 aromatic carbocycles. The lowest BCUT2D eigenvalue weighted by Crippen LogP contribution is -2.29. The standard InChI is InChI=1S/C21H20N4O/c1-13-11-17(25-9-5-2-6-10-25)19-20-16(12-18(26)21(19)22-13)23-14-7-3-4-8-15(14)24-20/h3-4,7-8,11-12,26H,2,5-6,9-10H2,1H3. The number of phenolic OH excluding ortho intramolecular Hbond substituents is 1. The third-order valence-corrected chi connectivity index (χ3v) is 5.17. The summed E-state index contributed by atoms with van der Waals surface area (Å²) in [5, 5.41) is 11.5. The molecular formula is C21H20N4O. The van der Waals surface area contributed by atoms with E-state index in [4.69, 9.17) is 9.97 Å². The molecule has 4 aromatic rings. The van der Waals surface area contributed by atoms with E-state index >= 15 is 0 Å². The van der Waals surface area contributed by atoms with Gasteiger partial charge in [0, 0.05) is 24.8 Å². The van der Waals surface area contributed by atoms with Crippen molar-refractivity contribution in [2.75, 3.05) is 18.0 Å². The van der Waals surface area contributed by atoms with E-state index in [-0.39, 0.29) is 5.75 Å². The minimum atomic E-state index is 0.166. The second-order valence-corrected chi connectivity index (χ2v) is 7.03. The second-order valence-electron chi connectivity index (χ2n) is 7.03. The molecule has 0 aliphatic carbocycles. The van der Waals surface area contributed by atoms with Crippen molar-refractivity contribution < 1.29 is 5.11 Å². The number of rotatable bonds is 1. The Morgan fingerprint density at radius 2 is 1.58 bits per heavy atom. The van der Waals surface area contributed by atoms with Gasteiger partial charge in [-0.25, -0.2) is 15.0 Å². The smallest absolute Gasteiger partial charge is 0.144 e. The highest BCUT2D eigenvalue weighted by Crippen LogP contribution is 2.38. The predicted octanol–water partition coefficient (Wildman–Crippen LogP) is 4.34. The molecule has 0 unspecified atom stereocenters. The van der Waals surface area contributed by atoms with Crippen molar-refractivity contribution >= 4 is 38.7 Å². The van der Waals surface area contributed by atoms with Crippen molar-refractivity contribution in [3.63, 3.8) is 0 Å². The normalized spacial score (nSPS) is 15.2. The highest BCUT2D eigenvalue weighted by molar-refractivity contribution is 6.13. The van der Waals surface area contributed by atoms with Gasteiger partial charge >= 0.3 is 0 Å². The number of pyridine rings is 1.